The Kier molecular flexibility index (Phi) is 4.25. The summed E-state index contributed by atoms with van der Waals surface area (Å²) in [4.78, 5) is 19.3. The monoisotopic (exact) mass is 296 g/mol. The Morgan fingerprint density at radius 2 is 2.14 bits per heavy atom. The number of allylic oxidation sites excluding steroid dienone is 1. The second-order valence-corrected chi connectivity index (χ2v) is 6.37. The van der Waals surface area contributed by atoms with Crippen LogP contribution in [0, 0.1) is 11.8 Å². The van der Waals surface area contributed by atoms with Gasteiger partial charge < -0.3 is 0 Å². The average molecular weight is 296 g/mol. The highest BCUT2D eigenvalue weighted by atomic mass is 16.1. The molecule has 0 radical (unpaired) electrons. The van der Waals surface area contributed by atoms with Crippen LogP contribution in [0.4, 0.5) is 0 Å². The summed E-state index contributed by atoms with van der Waals surface area (Å²) in [6, 6.07) is 10.4. The van der Waals surface area contributed by atoms with Gasteiger partial charge >= 0.3 is 0 Å². The maximum absolute atomic E-state index is 12.1. The van der Waals surface area contributed by atoms with Gasteiger partial charge in [0, 0.05) is 31.6 Å². The molecule has 3 atom stereocenters. The third kappa shape index (κ3) is 2.54. The molecule has 0 spiro atoms. The van der Waals surface area contributed by atoms with Gasteiger partial charge in [0.15, 0.2) is 5.66 Å². The lowest BCUT2D eigenvalue weighted by Gasteiger charge is -2.44. The standard InChI is InChI=1S/C19H24N2O/c1-3-18(22)17-10-13-21(14-15(17)2)19(11-7-12-20-19)16-8-5-4-6-9-16/h4-9,11-12,15,17H,3,10,13-14H2,1-2H3. The number of aliphatic imine (C=N–C) groups is 1. The molecule has 3 nitrogen and oxygen atoms in total. The molecule has 0 aliphatic carbocycles. The number of nitrogens with zero attached hydrogens (tertiary/aromatic N) is 2. The molecule has 3 heteroatoms. The maximum Gasteiger partial charge on any atom is 0.158 e. The second-order valence-electron chi connectivity index (χ2n) is 6.37. The van der Waals surface area contributed by atoms with E-state index in [9.17, 15) is 4.79 Å². The van der Waals surface area contributed by atoms with Crippen LogP contribution in [0.3, 0.4) is 0 Å². The van der Waals surface area contributed by atoms with Crippen LogP contribution in [0.25, 0.3) is 0 Å². The Balaban J connectivity index is 1.85. The summed E-state index contributed by atoms with van der Waals surface area (Å²) in [5.41, 5.74) is 0.822. The van der Waals surface area contributed by atoms with Gasteiger partial charge in [-0.05, 0) is 30.1 Å². The number of benzene rings is 1. The van der Waals surface area contributed by atoms with Gasteiger partial charge in [-0.2, -0.15) is 0 Å². The van der Waals surface area contributed by atoms with Crippen molar-refractivity contribution < 1.29 is 4.79 Å². The number of carbonyl (C=O) groups excluding carboxylic acids is 1. The summed E-state index contributed by atoms with van der Waals surface area (Å²) >= 11 is 0. The van der Waals surface area contributed by atoms with Gasteiger partial charge in [0.2, 0.25) is 0 Å². The van der Waals surface area contributed by atoms with Gasteiger partial charge in [0.25, 0.3) is 0 Å². The molecular formula is C19H24N2O. The SMILES string of the molecule is CCC(=O)C1CCN(C2(c3ccccc3)C=CC=N2)CC1C. The number of carbonyl (C=O) groups is 1. The van der Waals surface area contributed by atoms with E-state index in [0.717, 1.165) is 19.5 Å². The first-order chi connectivity index (χ1) is 10.7. The molecule has 2 aliphatic heterocycles. The first-order valence-electron chi connectivity index (χ1n) is 8.23. The van der Waals surface area contributed by atoms with E-state index in [1.165, 1.54) is 5.56 Å². The van der Waals surface area contributed by atoms with Crippen molar-refractivity contribution >= 4 is 12.0 Å². The number of hydrogen-bond donors (Lipinski definition) is 0. The zero-order valence-electron chi connectivity index (χ0n) is 13.4. The van der Waals surface area contributed by atoms with Gasteiger partial charge in [-0.15, -0.1) is 0 Å². The highest BCUT2D eigenvalue weighted by molar-refractivity contribution is 5.81. The van der Waals surface area contributed by atoms with Crippen molar-refractivity contribution in [3.8, 4) is 0 Å². The molecule has 0 N–H and O–H groups in total. The number of Topliss-reactive ketones (excluding diaryl/α,β-unsaturated/α-hetero) is 1. The normalized spacial score (nSPS) is 31.5. The molecule has 1 aromatic carbocycles. The highest BCUT2D eigenvalue weighted by Gasteiger charge is 2.41. The smallest absolute Gasteiger partial charge is 0.158 e. The lowest BCUT2D eigenvalue weighted by Crippen LogP contribution is -2.51. The van der Waals surface area contributed by atoms with Crippen LogP contribution in [-0.2, 0) is 10.5 Å². The number of likely N-dealkylation sites (tertiary alicyclic amines) is 1. The number of ketones is 1. The van der Waals surface area contributed by atoms with Crippen LogP contribution in [0.1, 0.15) is 32.3 Å². The molecule has 1 aromatic rings. The molecule has 0 saturated carbocycles. The minimum Gasteiger partial charge on any atom is -0.299 e. The Morgan fingerprint density at radius 1 is 1.36 bits per heavy atom. The Hall–Kier alpha value is -1.74. The Morgan fingerprint density at radius 3 is 2.73 bits per heavy atom. The van der Waals surface area contributed by atoms with E-state index in [4.69, 9.17) is 4.99 Å². The summed E-state index contributed by atoms with van der Waals surface area (Å²) in [5.74, 6) is 1.00. The van der Waals surface area contributed by atoms with Crippen molar-refractivity contribution in [2.45, 2.75) is 32.4 Å². The largest absolute Gasteiger partial charge is 0.299 e. The van der Waals surface area contributed by atoms with Gasteiger partial charge in [0.1, 0.15) is 5.78 Å². The van der Waals surface area contributed by atoms with Crippen molar-refractivity contribution in [3.05, 3.63) is 48.0 Å². The first kappa shape index (κ1) is 15.2. The van der Waals surface area contributed by atoms with E-state index in [-0.39, 0.29) is 11.6 Å². The van der Waals surface area contributed by atoms with E-state index in [1.54, 1.807) is 0 Å². The van der Waals surface area contributed by atoms with Crippen LogP contribution in [0.2, 0.25) is 0 Å². The molecule has 3 rings (SSSR count). The van der Waals surface area contributed by atoms with E-state index in [2.05, 4.69) is 42.2 Å². The molecule has 3 unspecified atom stereocenters. The van der Waals surface area contributed by atoms with E-state index in [0.29, 0.717) is 18.1 Å². The van der Waals surface area contributed by atoms with E-state index >= 15 is 0 Å². The molecule has 1 fully saturated rings. The van der Waals surface area contributed by atoms with Gasteiger partial charge in [-0.25, -0.2) is 0 Å². The van der Waals surface area contributed by atoms with Gasteiger partial charge in [0.05, 0.1) is 0 Å². The molecular weight excluding hydrogens is 272 g/mol. The lowest BCUT2D eigenvalue weighted by molar-refractivity contribution is -0.126. The fourth-order valence-electron chi connectivity index (χ4n) is 3.80. The topological polar surface area (TPSA) is 32.7 Å². The van der Waals surface area contributed by atoms with E-state index < -0.39 is 0 Å². The molecule has 0 aromatic heterocycles. The van der Waals surface area contributed by atoms with Crippen molar-refractivity contribution in [1.29, 1.82) is 0 Å². The molecule has 0 bridgehead atoms. The molecule has 2 heterocycles. The zero-order valence-corrected chi connectivity index (χ0v) is 13.4. The number of piperidine rings is 1. The first-order valence-corrected chi connectivity index (χ1v) is 8.23. The molecule has 116 valence electrons. The van der Waals surface area contributed by atoms with Crippen LogP contribution >= 0.6 is 0 Å². The lowest BCUT2D eigenvalue weighted by atomic mass is 9.81. The predicted molar refractivity (Wildman–Crippen MR) is 89.9 cm³/mol. The maximum atomic E-state index is 12.1. The molecule has 0 amide bonds. The predicted octanol–water partition coefficient (Wildman–Crippen LogP) is 3.42. The minimum atomic E-state index is -0.379. The summed E-state index contributed by atoms with van der Waals surface area (Å²) in [5, 5.41) is 0. The van der Waals surface area contributed by atoms with Crippen molar-refractivity contribution in [2.24, 2.45) is 16.8 Å². The molecule has 2 aliphatic rings. The summed E-state index contributed by atoms with van der Waals surface area (Å²) in [7, 11) is 0. The second kappa shape index (κ2) is 6.17. The van der Waals surface area contributed by atoms with Crippen LogP contribution in [0.15, 0.2) is 47.5 Å². The van der Waals surface area contributed by atoms with Crippen molar-refractivity contribution in [3.63, 3.8) is 0 Å². The molecule has 22 heavy (non-hydrogen) atoms. The minimum absolute atomic E-state index is 0.212. The van der Waals surface area contributed by atoms with Crippen LogP contribution in [0.5, 0.6) is 0 Å². The van der Waals surface area contributed by atoms with Gasteiger partial charge in [-0.1, -0.05) is 44.2 Å². The average Bonchev–Trinajstić information content (AvgIpc) is 3.06. The fraction of sp³-hybridized carbons (Fsp3) is 0.474. The number of hydrogen-bond acceptors (Lipinski definition) is 3. The number of rotatable bonds is 4. The quantitative estimate of drug-likeness (QED) is 0.853. The van der Waals surface area contributed by atoms with Crippen molar-refractivity contribution in [2.75, 3.05) is 13.1 Å². The highest BCUT2D eigenvalue weighted by Crippen LogP contribution is 2.38. The zero-order chi connectivity index (χ0) is 15.6. The summed E-state index contributed by atoms with van der Waals surface area (Å²) < 4.78 is 0. The van der Waals surface area contributed by atoms with E-state index in [1.807, 2.05) is 25.3 Å². The van der Waals surface area contributed by atoms with Crippen LogP contribution < -0.4 is 0 Å². The van der Waals surface area contributed by atoms with Crippen molar-refractivity contribution in [1.82, 2.24) is 4.90 Å². The third-order valence-electron chi connectivity index (χ3n) is 5.03. The Bertz CT molecular complexity index is 579. The Labute approximate surface area is 132 Å². The third-order valence-corrected chi connectivity index (χ3v) is 5.03. The summed E-state index contributed by atoms with van der Waals surface area (Å²) in [6.45, 7) is 5.99. The molecule has 1 saturated heterocycles. The summed E-state index contributed by atoms with van der Waals surface area (Å²) in [6.07, 6.45) is 7.68. The van der Waals surface area contributed by atoms with Crippen LogP contribution in [-0.4, -0.2) is 30.0 Å². The fourth-order valence-corrected chi connectivity index (χ4v) is 3.80. The van der Waals surface area contributed by atoms with Gasteiger partial charge in [-0.3, -0.25) is 14.7 Å².